The zero-order valence-corrected chi connectivity index (χ0v) is 15.6. The van der Waals surface area contributed by atoms with Crippen LogP contribution in [-0.4, -0.2) is 32.0 Å². The van der Waals surface area contributed by atoms with E-state index in [4.69, 9.17) is 16.9 Å². The molecule has 0 unspecified atom stereocenters. The van der Waals surface area contributed by atoms with E-state index >= 15 is 0 Å². The van der Waals surface area contributed by atoms with Crippen LogP contribution in [0, 0.1) is 5.41 Å². The number of aromatic amines is 1. The zero-order valence-electron chi connectivity index (χ0n) is 15.6. The second-order valence-corrected chi connectivity index (χ2v) is 6.65. The fraction of sp³-hybridized carbons (Fsp3) is 0. The molecular weight excluding hydrogens is 384 g/mol. The van der Waals surface area contributed by atoms with Crippen molar-refractivity contribution in [3.8, 4) is 33.9 Å². The summed E-state index contributed by atoms with van der Waals surface area (Å²) >= 11 is 0. The molecular formula is C21H18N6O3. The summed E-state index contributed by atoms with van der Waals surface area (Å²) in [5.74, 6) is -0.270. The number of nitrogens with two attached hydrogens (primary N) is 2. The van der Waals surface area contributed by atoms with E-state index in [9.17, 15) is 15.0 Å². The van der Waals surface area contributed by atoms with E-state index < -0.39 is 6.03 Å². The van der Waals surface area contributed by atoms with E-state index in [-0.39, 0.29) is 17.3 Å². The highest BCUT2D eigenvalue weighted by Gasteiger charge is 2.16. The summed E-state index contributed by atoms with van der Waals surface area (Å²) in [6.07, 6.45) is 0. The van der Waals surface area contributed by atoms with Gasteiger partial charge < -0.3 is 32.0 Å². The smallest absolute Gasteiger partial charge is 0.316 e. The standard InChI is InChI=1S/C21H18N6O3/c22-20(23)15-6-5-14-17(27-15)9-16(26-14)12-3-1-2-11(19(12)29)13-8-10(25-21(24)30)4-7-18(13)28/h1-9,26,28-29H,(H3,22,23)(H3,24,25,30). The van der Waals surface area contributed by atoms with Crippen LogP contribution < -0.4 is 16.8 Å². The Hall–Kier alpha value is -4.53. The third kappa shape index (κ3) is 3.35. The quantitative estimate of drug-likeness (QED) is 0.157. The Kier molecular flexibility index (Phi) is 4.47. The summed E-state index contributed by atoms with van der Waals surface area (Å²) in [5, 5.41) is 31.2. The van der Waals surface area contributed by atoms with Crippen molar-refractivity contribution in [1.29, 1.82) is 5.41 Å². The van der Waals surface area contributed by atoms with E-state index in [0.29, 0.717) is 39.3 Å². The second-order valence-electron chi connectivity index (χ2n) is 6.65. The number of nitrogens with zero attached hydrogens (tertiary/aromatic N) is 1. The molecule has 30 heavy (non-hydrogen) atoms. The van der Waals surface area contributed by atoms with Gasteiger partial charge in [0.2, 0.25) is 0 Å². The number of fused-ring (bicyclic) bond motifs is 1. The minimum absolute atomic E-state index is 0.0672. The lowest BCUT2D eigenvalue weighted by Crippen LogP contribution is -2.19. The van der Waals surface area contributed by atoms with Gasteiger partial charge in [-0.25, -0.2) is 9.78 Å². The molecule has 2 aromatic heterocycles. The van der Waals surface area contributed by atoms with Gasteiger partial charge in [0.1, 0.15) is 23.0 Å². The van der Waals surface area contributed by atoms with Crippen molar-refractivity contribution in [2.75, 3.05) is 5.32 Å². The Morgan fingerprint density at radius 3 is 2.50 bits per heavy atom. The fourth-order valence-electron chi connectivity index (χ4n) is 3.25. The van der Waals surface area contributed by atoms with Crippen LogP contribution in [0.4, 0.5) is 10.5 Å². The number of amides is 2. The summed E-state index contributed by atoms with van der Waals surface area (Å²) in [7, 11) is 0. The first-order valence-corrected chi connectivity index (χ1v) is 8.90. The van der Waals surface area contributed by atoms with Crippen molar-refractivity contribution in [2.45, 2.75) is 0 Å². The fourth-order valence-corrected chi connectivity index (χ4v) is 3.25. The maximum Gasteiger partial charge on any atom is 0.316 e. The lowest BCUT2D eigenvalue weighted by Gasteiger charge is -2.12. The van der Waals surface area contributed by atoms with Crippen LogP contribution in [-0.2, 0) is 0 Å². The Balaban J connectivity index is 1.82. The molecule has 0 bridgehead atoms. The van der Waals surface area contributed by atoms with Crippen LogP contribution in [0.15, 0.2) is 54.6 Å². The first kappa shape index (κ1) is 18.8. The molecule has 150 valence electrons. The Bertz CT molecular complexity index is 1310. The Morgan fingerprint density at radius 1 is 1.00 bits per heavy atom. The van der Waals surface area contributed by atoms with E-state index in [1.165, 1.54) is 18.2 Å². The molecule has 9 nitrogen and oxygen atoms in total. The number of hydrogen-bond donors (Lipinski definition) is 7. The summed E-state index contributed by atoms with van der Waals surface area (Å²) in [6.45, 7) is 0. The largest absolute Gasteiger partial charge is 0.507 e. The first-order valence-electron chi connectivity index (χ1n) is 8.90. The van der Waals surface area contributed by atoms with Gasteiger partial charge in [0.25, 0.3) is 0 Å². The van der Waals surface area contributed by atoms with E-state index in [2.05, 4.69) is 15.3 Å². The molecule has 9 N–H and O–H groups in total. The van der Waals surface area contributed by atoms with E-state index in [0.717, 1.165) is 5.52 Å². The molecule has 0 radical (unpaired) electrons. The van der Waals surface area contributed by atoms with Crippen LogP contribution in [0.5, 0.6) is 11.5 Å². The second kappa shape index (κ2) is 7.13. The van der Waals surface area contributed by atoms with Gasteiger partial charge in [-0.1, -0.05) is 12.1 Å². The maximum absolute atomic E-state index is 11.1. The predicted octanol–water partition coefficient (Wildman–Crippen LogP) is 3.08. The van der Waals surface area contributed by atoms with Crippen LogP contribution in [0.1, 0.15) is 5.69 Å². The SMILES string of the molecule is N=C(N)c1ccc2[nH]c(-c3cccc(-c4cc(NC(N)=O)ccc4O)c3O)cc2n1. The minimum atomic E-state index is -0.736. The summed E-state index contributed by atoms with van der Waals surface area (Å²) in [5.41, 5.74) is 14.5. The van der Waals surface area contributed by atoms with Crippen LogP contribution in [0.3, 0.4) is 0 Å². The third-order valence-corrected chi connectivity index (χ3v) is 4.63. The molecule has 9 heteroatoms. The maximum atomic E-state index is 11.1. The normalized spacial score (nSPS) is 10.8. The van der Waals surface area contributed by atoms with Gasteiger partial charge >= 0.3 is 6.03 Å². The molecule has 0 saturated carbocycles. The van der Waals surface area contributed by atoms with Crippen molar-refractivity contribution < 1.29 is 15.0 Å². The number of benzene rings is 2. The topological polar surface area (TPSA) is 174 Å². The lowest BCUT2D eigenvalue weighted by molar-refractivity contribution is 0.259. The summed E-state index contributed by atoms with van der Waals surface area (Å²) < 4.78 is 0. The number of anilines is 1. The highest BCUT2D eigenvalue weighted by molar-refractivity contribution is 5.96. The number of para-hydroxylation sites is 1. The number of phenols is 2. The number of phenolic OH excluding ortho intramolecular Hbond substituents is 2. The molecule has 0 saturated heterocycles. The van der Waals surface area contributed by atoms with Gasteiger partial charge in [-0.05, 0) is 42.5 Å². The highest BCUT2D eigenvalue weighted by atomic mass is 16.3. The molecule has 0 spiro atoms. The molecule has 2 heterocycles. The van der Waals surface area contributed by atoms with Gasteiger partial charge in [0, 0.05) is 22.4 Å². The number of H-pyrrole nitrogens is 1. The van der Waals surface area contributed by atoms with Gasteiger partial charge in [-0.2, -0.15) is 0 Å². The average molecular weight is 402 g/mol. The number of carbonyl (C=O) groups excluding carboxylic acids is 1. The van der Waals surface area contributed by atoms with Gasteiger partial charge in [0.05, 0.1) is 16.7 Å². The zero-order chi connectivity index (χ0) is 21.4. The number of pyridine rings is 1. The van der Waals surface area contributed by atoms with Gasteiger partial charge in [0.15, 0.2) is 0 Å². The monoisotopic (exact) mass is 402 g/mol. The number of primary amides is 1. The number of amidine groups is 1. The van der Waals surface area contributed by atoms with Crippen LogP contribution in [0.2, 0.25) is 0 Å². The molecule has 4 rings (SSSR count). The van der Waals surface area contributed by atoms with Crippen molar-refractivity contribution in [2.24, 2.45) is 11.5 Å². The van der Waals surface area contributed by atoms with Gasteiger partial charge in [-0.15, -0.1) is 0 Å². The predicted molar refractivity (Wildman–Crippen MR) is 115 cm³/mol. The third-order valence-electron chi connectivity index (χ3n) is 4.63. The lowest BCUT2D eigenvalue weighted by atomic mass is 9.98. The molecule has 0 aliphatic heterocycles. The van der Waals surface area contributed by atoms with E-state index in [1.54, 1.807) is 36.4 Å². The van der Waals surface area contributed by atoms with Crippen molar-refractivity contribution in [3.05, 3.63) is 60.3 Å². The molecule has 2 amide bonds. The molecule has 0 atom stereocenters. The van der Waals surface area contributed by atoms with E-state index in [1.807, 2.05) is 0 Å². The number of aromatic hydroxyl groups is 2. The highest BCUT2D eigenvalue weighted by Crippen LogP contribution is 2.42. The van der Waals surface area contributed by atoms with Crippen molar-refractivity contribution >= 4 is 28.6 Å². The number of urea groups is 1. The van der Waals surface area contributed by atoms with Crippen molar-refractivity contribution in [3.63, 3.8) is 0 Å². The number of rotatable bonds is 4. The molecule has 0 aliphatic carbocycles. The molecule has 2 aromatic carbocycles. The number of nitrogen functional groups attached to an aromatic ring is 1. The number of nitrogens with one attached hydrogen (secondary N) is 3. The number of aromatic nitrogens is 2. The van der Waals surface area contributed by atoms with Crippen LogP contribution in [0.25, 0.3) is 33.4 Å². The molecule has 0 fully saturated rings. The first-order chi connectivity index (χ1) is 14.3. The number of hydrogen-bond acceptors (Lipinski definition) is 5. The minimum Gasteiger partial charge on any atom is -0.507 e. The van der Waals surface area contributed by atoms with Gasteiger partial charge in [-0.3, -0.25) is 5.41 Å². The summed E-state index contributed by atoms with van der Waals surface area (Å²) in [4.78, 5) is 18.6. The van der Waals surface area contributed by atoms with Crippen molar-refractivity contribution in [1.82, 2.24) is 9.97 Å². The number of carbonyl (C=O) groups is 1. The average Bonchev–Trinajstić information content (AvgIpc) is 3.12. The Morgan fingerprint density at radius 2 is 1.77 bits per heavy atom. The molecule has 4 aromatic rings. The Labute approximate surface area is 170 Å². The van der Waals surface area contributed by atoms with Crippen LogP contribution >= 0.6 is 0 Å². The molecule has 0 aliphatic rings. The summed E-state index contributed by atoms with van der Waals surface area (Å²) in [6, 6.07) is 13.9.